The van der Waals surface area contributed by atoms with Crippen LogP contribution in [0.4, 0.5) is 16.2 Å². The number of anilines is 2. The molecule has 1 aliphatic heterocycles. The molecule has 0 spiro atoms. The number of nitrogens with one attached hydrogen (secondary N) is 3. The Kier molecular flexibility index (Phi) is 8.06. The third-order valence-corrected chi connectivity index (χ3v) is 4.27. The van der Waals surface area contributed by atoms with Crippen molar-refractivity contribution in [2.24, 2.45) is 0 Å². The fourth-order valence-corrected chi connectivity index (χ4v) is 2.97. The number of ether oxygens (including phenoxy) is 1. The first-order valence-electron chi connectivity index (χ1n) is 9.30. The molecule has 8 heteroatoms. The van der Waals surface area contributed by atoms with Gasteiger partial charge >= 0.3 is 6.09 Å². The molecule has 0 aromatic heterocycles. The van der Waals surface area contributed by atoms with E-state index >= 15 is 0 Å². The number of amides is 3. The van der Waals surface area contributed by atoms with E-state index in [-0.39, 0.29) is 17.9 Å². The Balaban J connectivity index is 1.67. The maximum absolute atomic E-state index is 12.1. The SMILES string of the molecule is CCOC(=O)N1CCC(NCCC(=O)Nc2cccc(NC(C)=O)c2)CC1. The van der Waals surface area contributed by atoms with E-state index < -0.39 is 0 Å². The topological polar surface area (TPSA) is 99.8 Å². The van der Waals surface area contributed by atoms with Gasteiger partial charge in [-0.15, -0.1) is 0 Å². The smallest absolute Gasteiger partial charge is 0.409 e. The summed E-state index contributed by atoms with van der Waals surface area (Å²) < 4.78 is 5.01. The molecule has 0 saturated carbocycles. The first-order chi connectivity index (χ1) is 13.0. The maximum Gasteiger partial charge on any atom is 0.409 e. The van der Waals surface area contributed by atoms with Gasteiger partial charge in [0.2, 0.25) is 11.8 Å². The van der Waals surface area contributed by atoms with Crippen molar-refractivity contribution in [2.45, 2.75) is 39.2 Å². The van der Waals surface area contributed by atoms with E-state index in [2.05, 4.69) is 16.0 Å². The molecular weight excluding hydrogens is 348 g/mol. The van der Waals surface area contributed by atoms with Gasteiger partial charge in [-0.1, -0.05) is 6.07 Å². The van der Waals surface area contributed by atoms with Crippen LogP contribution in [0.2, 0.25) is 0 Å². The lowest BCUT2D eigenvalue weighted by molar-refractivity contribution is -0.116. The van der Waals surface area contributed by atoms with E-state index in [1.165, 1.54) is 6.92 Å². The monoisotopic (exact) mass is 376 g/mol. The minimum atomic E-state index is -0.253. The predicted molar refractivity (Wildman–Crippen MR) is 104 cm³/mol. The Hall–Kier alpha value is -2.61. The molecule has 1 heterocycles. The standard InChI is InChI=1S/C19H28N4O4/c1-3-27-19(26)23-11-8-15(9-12-23)20-10-7-18(25)22-17-6-4-5-16(13-17)21-14(2)24/h4-6,13,15,20H,3,7-12H2,1-2H3,(H,21,24)(H,22,25). The summed E-state index contributed by atoms with van der Waals surface area (Å²) in [6, 6.07) is 7.34. The molecule has 3 amide bonds. The van der Waals surface area contributed by atoms with Gasteiger partial charge in [0.25, 0.3) is 0 Å². The molecule has 0 unspecified atom stereocenters. The molecule has 148 valence electrons. The summed E-state index contributed by atoms with van der Waals surface area (Å²) in [6.45, 7) is 5.53. The molecule has 1 fully saturated rings. The Morgan fingerprint density at radius 1 is 1.15 bits per heavy atom. The molecule has 27 heavy (non-hydrogen) atoms. The van der Waals surface area contributed by atoms with Gasteiger partial charge in [0.15, 0.2) is 0 Å². The lowest BCUT2D eigenvalue weighted by Gasteiger charge is -2.31. The van der Waals surface area contributed by atoms with Gasteiger partial charge < -0.3 is 25.6 Å². The summed E-state index contributed by atoms with van der Waals surface area (Å²) in [5, 5.41) is 8.88. The molecule has 0 bridgehead atoms. The first kappa shape index (κ1) is 20.7. The van der Waals surface area contributed by atoms with Crippen LogP contribution < -0.4 is 16.0 Å². The Morgan fingerprint density at radius 3 is 2.44 bits per heavy atom. The average molecular weight is 376 g/mol. The molecule has 0 radical (unpaired) electrons. The van der Waals surface area contributed by atoms with E-state index in [0.717, 1.165) is 12.8 Å². The van der Waals surface area contributed by atoms with Crippen molar-refractivity contribution < 1.29 is 19.1 Å². The number of likely N-dealkylation sites (tertiary alicyclic amines) is 1. The van der Waals surface area contributed by atoms with E-state index in [1.54, 1.807) is 36.1 Å². The fourth-order valence-electron chi connectivity index (χ4n) is 2.97. The molecule has 8 nitrogen and oxygen atoms in total. The predicted octanol–water partition coefficient (Wildman–Crippen LogP) is 2.18. The third kappa shape index (κ3) is 7.26. The van der Waals surface area contributed by atoms with Crippen LogP contribution in [0.15, 0.2) is 24.3 Å². The zero-order valence-corrected chi connectivity index (χ0v) is 15.9. The van der Waals surface area contributed by atoms with E-state index in [4.69, 9.17) is 4.74 Å². The first-order valence-corrected chi connectivity index (χ1v) is 9.30. The lowest BCUT2D eigenvalue weighted by Crippen LogP contribution is -2.45. The van der Waals surface area contributed by atoms with Crippen molar-refractivity contribution in [1.29, 1.82) is 0 Å². The highest BCUT2D eigenvalue weighted by Crippen LogP contribution is 2.15. The molecule has 2 rings (SSSR count). The number of carbonyl (C=O) groups is 3. The van der Waals surface area contributed by atoms with E-state index in [0.29, 0.717) is 50.1 Å². The molecule has 1 aromatic carbocycles. The van der Waals surface area contributed by atoms with E-state index in [1.807, 2.05) is 0 Å². The Bertz CT molecular complexity index is 657. The number of rotatable bonds is 7. The summed E-state index contributed by atoms with van der Waals surface area (Å²) in [4.78, 5) is 36.6. The molecule has 0 atom stereocenters. The second kappa shape index (κ2) is 10.5. The molecule has 1 aromatic rings. The number of hydrogen-bond donors (Lipinski definition) is 3. The van der Waals surface area contributed by atoms with Crippen LogP contribution in [0.5, 0.6) is 0 Å². The highest BCUT2D eigenvalue weighted by Gasteiger charge is 2.23. The number of benzene rings is 1. The summed E-state index contributed by atoms with van der Waals surface area (Å²) in [7, 11) is 0. The molecule has 0 aliphatic carbocycles. The summed E-state index contributed by atoms with van der Waals surface area (Å²) in [6.07, 6.45) is 1.79. The minimum Gasteiger partial charge on any atom is -0.450 e. The van der Waals surface area contributed by atoms with Gasteiger partial charge in [-0.3, -0.25) is 9.59 Å². The van der Waals surface area contributed by atoms with Gasteiger partial charge in [-0.25, -0.2) is 4.79 Å². The fraction of sp³-hybridized carbons (Fsp3) is 0.526. The van der Waals surface area contributed by atoms with Crippen LogP contribution in [0, 0.1) is 0 Å². The van der Waals surface area contributed by atoms with Crippen molar-refractivity contribution in [3.05, 3.63) is 24.3 Å². The zero-order valence-electron chi connectivity index (χ0n) is 15.9. The van der Waals surface area contributed by atoms with Crippen molar-refractivity contribution in [3.8, 4) is 0 Å². The van der Waals surface area contributed by atoms with E-state index in [9.17, 15) is 14.4 Å². The quantitative estimate of drug-likeness (QED) is 0.677. The number of carbonyl (C=O) groups excluding carboxylic acids is 3. The number of hydrogen-bond acceptors (Lipinski definition) is 5. The van der Waals surface area contributed by atoms with Gasteiger partial charge in [0.05, 0.1) is 6.61 Å². The number of piperidine rings is 1. The van der Waals surface area contributed by atoms with Gasteiger partial charge in [-0.2, -0.15) is 0 Å². The largest absolute Gasteiger partial charge is 0.450 e. The van der Waals surface area contributed by atoms with Crippen LogP contribution in [0.25, 0.3) is 0 Å². The molecular formula is C19H28N4O4. The normalized spacial score (nSPS) is 14.5. The van der Waals surface area contributed by atoms with Gasteiger partial charge in [-0.05, 0) is 38.0 Å². The second-order valence-corrected chi connectivity index (χ2v) is 6.47. The molecule has 1 aliphatic rings. The van der Waals surface area contributed by atoms with Gasteiger partial charge in [0.1, 0.15) is 0 Å². The van der Waals surface area contributed by atoms with Crippen LogP contribution in [-0.2, 0) is 14.3 Å². The second-order valence-electron chi connectivity index (χ2n) is 6.47. The van der Waals surface area contributed by atoms with Crippen molar-refractivity contribution in [3.63, 3.8) is 0 Å². The van der Waals surface area contributed by atoms with Crippen LogP contribution >= 0.6 is 0 Å². The maximum atomic E-state index is 12.1. The van der Waals surface area contributed by atoms with Crippen LogP contribution in [-0.4, -0.2) is 55.1 Å². The highest BCUT2D eigenvalue weighted by atomic mass is 16.6. The lowest BCUT2D eigenvalue weighted by atomic mass is 10.1. The zero-order chi connectivity index (χ0) is 19.6. The summed E-state index contributed by atoms with van der Waals surface area (Å²) in [5.74, 6) is -0.247. The summed E-state index contributed by atoms with van der Waals surface area (Å²) in [5.41, 5.74) is 1.29. The molecule has 3 N–H and O–H groups in total. The van der Waals surface area contributed by atoms with Crippen molar-refractivity contribution >= 4 is 29.3 Å². The Labute approximate surface area is 159 Å². The van der Waals surface area contributed by atoms with Gasteiger partial charge in [0, 0.05) is 50.4 Å². The van der Waals surface area contributed by atoms with Crippen LogP contribution in [0.3, 0.4) is 0 Å². The van der Waals surface area contributed by atoms with Crippen LogP contribution in [0.1, 0.15) is 33.1 Å². The molecule has 1 saturated heterocycles. The van der Waals surface area contributed by atoms with Crippen molar-refractivity contribution in [1.82, 2.24) is 10.2 Å². The Morgan fingerprint density at radius 2 is 1.81 bits per heavy atom. The summed E-state index contributed by atoms with van der Waals surface area (Å²) >= 11 is 0. The third-order valence-electron chi connectivity index (χ3n) is 4.27. The highest BCUT2D eigenvalue weighted by molar-refractivity contribution is 5.93. The minimum absolute atomic E-state index is 0.0913. The average Bonchev–Trinajstić information content (AvgIpc) is 2.62. The number of nitrogens with zero attached hydrogens (tertiary/aromatic N) is 1. The van der Waals surface area contributed by atoms with Crippen molar-refractivity contribution in [2.75, 3.05) is 36.9 Å².